The van der Waals surface area contributed by atoms with Crippen molar-refractivity contribution in [2.75, 3.05) is 5.75 Å². The van der Waals surface area contributed by atoms with Crippen LogP contribution in [-0.4, -0.2) is 35.3 Å². The Morgan fingerprint density at radius 2 is 2.20 bits per heavy atom. The molecule has 0 spiro atoms. The van der Waals surface area contributed by atoms with Crippen molar-refractivity contribution >= 4 is 16.1 Å². The summed E-state index contributed by atoms with van der Waals surface area (Å²) >= 11 is 0. The van der Waals surface area contributed by atoms with E-state index < -0.39 is 9.84 Å². The van der Waals surface area contributed by atoms with Crippen molar-refractivity contribution in [3.63, 3.8) is 0 Å². The van der Waals surface area contributed by atoms with Gasteiger partial charge in [0, 0.05) is 18.9 Å². The molecular formula is C9H14N2O3S. The van der Waals surface area contributed by atoms with Gasteiger partial charge in [0.05, 0.1) is 11.0 Å². The molecule has 84 valence electrons. The number of nitrogens with zero attached hydrogens (tertiary/aromatic N) is 2. The van der Waals surface area contributed by atoms with Crippen LogP contribution in [0, 0.1) is 0 Å². The third-order valence-electron chi connectivity index (χ3n) is 2.19. The van der Waals surface area contributed by atoms with Gasteiger partial charge in [-0.3, -0.25) is 4.79 Å². The van der Waals surface area contributed by atoms with Crippen LogP contribution in [0.5, 0.6) is 0 Å². The van der Waals surface area contributed by atoms with Crippen molar-refractivity contribution in [2.45, 2.75) is 25.6 Å². The second-order valence-electron chi connectivity index (χ2n) is 3.51. The van der Waals surface area contributed by atoms with E-state index in [1.54, 1.807) is 20.0 Å². The lowest BCUT2D eigenvalue weighted by Gasteiger charge is -2.08. The van der Waals surface area contributed by atoms with E-state index in [4.69, 9.17) is 0 Å². The van der Waals surface area contributed by atoms with Crippen LogP contribution in [0.2, 0.25) is 0 Å². The van der Waals surface area contributed by atoms with Gasteiger partial charge in [0.2, 0.25) is 0 Å². The minimum atomic E-state index is -3.06. The number of sulfone groups is 1. The number of carbonyl (C=O) groups excluding carboxylic acids is 1. The lowest BCUT2D eigenvalue weighted by atomic mass is 10.6. The summed E-state index contributed by atoms with van der Waals surface area (Å²) in [5, 5.41) is -0.388. The molecule has 15 heavy (non-hydrogen) atoms. The number of aryl methyl sites for hydroxylation is 1. The quantitative estimate of drug-likeness (QED) is 0.691. The van der Waals surface area contributed by atoms with Gasteiger partial charge in [-0.1, -0.05) is 0 Å². The number of hydrogen-bond donors (Lipinski definition) is 0. The minimum Gasteiger partial charge on any atom is -0.328 e. The second-order valence-corrected chi connectivity index (χ2v) is 6.19. The van der Waals surface area contributed by atoms with Crippen LogP contribution in [-0.2, 0) is 16.4 Å². The largest absolute Gasteiger partial charge is 0.328 e. The molecule has 1 rings (SSSR count). The average Bonchev–Trinajstić information content (AvgIpc) is 2.61. The van der Waals surface area contributed by atoms with Gasteiger partial charge in [0.1, 0.15) is 0 Å². The monoisotopic (exact) mass is 230 g/mol. The first-order chi connectivity index (χ1) is 6.97. The van der Waals surface area contributed by atoms with E-state index in [9.17, 15) is 13.2 Å². The number of imidazole rings is 1. The Labute approximate surface area is 89.0 Å². The molecule has 0 aliphatic heterocycles. The number of aldehydes is 1. The molecule has 0 aliphatic rings. The zero-order valence-electron chi connectivity index (χ0n) is 8.75. The fourth-order valence-electron chi connectivity index (χ4n) is 1.09. The van der Waals surface area contributed by atoms with Crippen LogP contribution in [0.1, 0.15) is 24.5 Å². The summed E-state index contributed by atoms with van der Waals surface area (Å²) in [4.78, 5) is 14.3. The molecule has 1 heterocycles. The van der Waals surface area contributed by atoms with Crippen molar-refractivity contribution < 1.29 is 13.2 Å². The lowest BCUT2D eigenvalue weighted by molar-refractivity contribution is 0.111. The molecule has 0 unspecified atom stereocenters. The zero-order chi connectivity index (χ0) is 11.5. The third-order valence-corrected chi connectivity index (χ3v) is 4.38. The van der Waals surface area contributed by atoms with E-state index in [0.29, 0.717) is 6.29 Å². The molecule has 1 aromatic heterocycles. The SMILES string of the molecule is CC(C)S(=O)(=O)CCn1ccnc1C=O. The molecule has 0 aliphatic carbocycles. The first-order valence-corrected chi connectivity index (χ1v) is 6.37. The Kier molecular flexibility index (Phi) is 3.62. The van der Waals surface area contributed by atoms with Crippen LogP contribution < -0.4 is 0 Å². The Bertz CT molecular complexity index is 434. The van der Waals surface area contributed by atoms with Crippen molar-refractivity contribution in [1.29, 1.82) is 0 Å². The molecule has 0 saturated heterocycles. The summed E-state index contributed by atoms with van der Waals surface area (Å²) in [5.74, 6) is 0.288. The summed E-state index contributed by atoms with van der Waals surface area (Å²) < 4.78 is 24.5. The maximum Gasteiger partial charge on any atom is 0.185 e. The molecule has 0 saturated carbocycles. The summed E-state index contributed by atoms with van der Waals surface area (Å²) in [6.45, 7) is 3.56. The predicted octanol–water partition coefficient (Wildman–Crippen LogP) is 0.519. The van der Waals surface area contributed by atoms with Gasteiger partial charge >= 0.3 is 0 Å². The Morgan fingerprint density at radius 3 is 2.73 bits per heavy atom. The number of aromatic nitrogens is 2. The highest BCUT2D eigenvalue weighted by molar-refractivity contribution is 7.91. The maximum absolute atomic E-state index is 11.5. The smallest absolute Gasteiger partial charge is 0.185 e. The van der Waals surface area contributed by atoms with E-state index in [1.165, 1.54) is 10.8 Å². The van der Waals surface area contributed by atoms with E-state index >= 15 is 0 Å². The van der Waals surface area contributed by atoms with Gasteiger partial charge in [0.25, 0.3) is 0 Å². The molecule has 0 amide bonds. The van der Waals surface area contributed by atoms with Crippen molar-refractivity contribution in [3.05, 3.63) is 18.2 Å². The number of carbonyl (C=O) groups is 1. The molecule has 0 bridgehead atoms. The van der Waals surface area contributed by atoms with Crippen molar-refractivity contribution in [1.82, 2.24) is 9.55 Å². The fourth-order valence-corrected chi connectivity index (χ4v) is 2.01. The van der Waals surface area contributed by atoms with Gasteiger partial charge < -0.3 is 4.57 Å². The van der Waals surface area contributed by atoms with E-state index in [1.807, 2.05) is 0 Å². The van der Waals surface area contributed by atoms with Gasteiger partial charge in [0.15, 0.2) is 21.9 Å². The van der Waals surface area contributed by atoms with Gasteiger partial charge in [-0.2, -0.15) is 0 Å². The van der Waals surface area contributed by atoms with Crippen LogP contribution in [0.4, 0.5) is 0 Å². The molecular weight excluding hydrogens is 216 g/mol. The summed E-state index contributed by atoms with van der Waals surface area (Å²) in [6, 6.07) is 0. The number of hydrogen-bond acceptors (Lipinski definition) is 4. The van der Waals surface area contributed by atoms with E-state index in [0.717, 1.165) is 0 Å². The Morgan fingerprint density at radius 1 is 1.53 bits per heavy atom. The Hall–Kier alpha value is -1.17. The highest BCUT2D eigenvalue weighted by Crippen LogP contribution is 2.03. The first kappa shape index (κ1) is 11.9. The zero-order valence-corrected chi connectivity index (χ0v) is 9.57. The summed E-state index contributed by atoms with van der Waals surface area (Å²) in [7, 11) is -3.06. The molecule has 6 heteroatoms. The standard InChI is InChI=1S/C9H14N2O3S/c1-8(2)15(13,14)6-5-11-4-3-10-9(11)7-12/h3-4,7-8H,5-6H2,1-2H3. The second kappa shape index (κ2) is 4.57. The summed E-state index contributed by atoms with van der Waals surface area (Å²) in [6.07, 6.45) is 3.69. The minimum absolute atomic E-state index is 0.0296. The molecule has 0 aromatic carbocycles. The van der Waals surface area contributed by atoms with Crippen molar-refractivity contribution in [2.24, 2.45) is 0 Å². The number of rotatable bonds is 5. The molecule has 0 N–H and O–H groups in total. The summed E-state index contributed by atoms with van der Waals surface area (Å²) in [5.41, 5.74) is 0. The third kappa shape index (κ3) is 2.89. The van der Waals surface area contributed by atoms with Gasteiger partial charge in [-0.15, -0.1) is 0 Å². The molecule has 5 nitrogen and oxygen atoms in total. The van der Waals surface area contributed by atoms with Gasteiger partial charge in [-0.25, -0.2) is 13.4 Å². The fraction of sp³-hybridized carbons (Fsp3) is 0.556. The van der Waals surface area contributed by atoms with E-state index in [-0.39, 0.29) is 23.4 Å². The highest BCUT2D eigenvalue weighted by atomic mass is 32.2. The predicted molar refractivity (Wildman–Crippen MR) is 56.5 cm³/mol. The van der Waals surface area contributed by atoms with Crippen LogP contribution in [0.3, 0.4) is 0 Å². The normalized spacial score (nSPS) is 11.9. The van der Waals surface area contributed by atoms with Crippen LogP contribution >= 0.6 is 0 Å². The van der Waals surface area contributed by atoms with Crippen LogP contribution in [0.15, 0.2) is 12.4 Å². The maximum atomic E-state index is 11.5. The van der Waals surface area contributed by atoms with E-state index in [2.05, 4.69) is 4.98 Å². The van der Waals surface area contributed by atoms with Gasteiger partial charge in [-0.05, 0) is 13.8 Å². The molecule has 0 radical (unpaired) electrons. The Balaban J connectivity index is 2.70. The van der Waals surface area contributed by atoms with Crippen LogP contribution in [0.25, 0.3) is 0 Å². The topological polar surface area (TPSA) is 69.0 Å². The van der Waals surface area contributed by atoms with Crippen molar-refractivity contribution in [3.8, 4) is 0 Å². The molecule has 1 aromatic rings. The molecule has 0 fully saturated rings. The average molecular weight is 230 g/mol. The highest BCUT2D eigenvalue weighted by Gasteiger charge is 2.16. The first-order valence-electron chi connectivity index (χ1n) is 4.65. The molecule has 0 atom stereocenters. The lowest BCUT2D eigenvalue weighted by Crippen LogP contribution is -2.21.